The fourth-order valence-corrected chi connectivity index (χ4v) is 4.21. The Balaban J connectivity index is 1.59. The molecule has 1 aliphatic heterocycles. The highest BCUT2D eigenvalue weighted by Crippen LogP contribution is 2.20. The lowest BCUT2D eigenvalue weighted by Crippen LogP contribution is -2.44. The molecule has 1 aliphatic rings. The van der Waals surface area contributed by atoms with Gasteiger partial charge in [-0.05, 0) is 37.1 Å². The predicted molar refractivity (Wildman–Crippen MR) is 109 cm³/mol. The van der Waals surface area contributed by atoms with Crippen LogP contribution in [0.25, 0.3) is 0 Å². The van der Waals surface area contributed by atoms with Crippen LogP contribution in [0.5, 0.6) is 0 Å². The summed E-state index contributed by atoms with van der Waals surface area (Å²) in [6.45, 7) is 5.10. The molecule has 2 heterocycles. The van der Waals surface area contributed by atoms with E-state index in [2.05, 4.69) is 15.0 Å². The molecule has 0 atom stereocenters. The number of piperidine rings is 1. The average Bonchev–Trinajstić information content (AvgIpc) is 2.71. The minimum absolute atomic E-state index is 0.0225. The molecule has 0 aliphatic carbocycles. The highest BCUT2D eigenvalue weighted by molar-refractivity contribution is 7.92. The van der Waals surface area contributed by atoms with Gasteiger partial charge in [0.05, 0.1) is 5.69 Å². The van der Waals surface area contributed by atoms with E-state index in [9.17, 15) is 22.0 Å². The number of rotatable bonds is 6. The number of hydrogen-bond acceptors (Lipinski definition) is 5. The van der Waals surface area contributed by atoms with Crippen LogP contribution >= 0.6 is 0 Å². The molecule has 10 heteroatoms. The summed E-state index contributed by atoms with van der Waals surface area (Å²) in [6.07, 6.45) is 2.75. The number of hydrogen-bond donors (Lipinski definition) is 2. The van der Waals surface area contributed by atoms with Gasteiger partial charge in [-0.3, -0.25) is 9.52 Å². The summed E-state index contributed by atoms with van der Waals surface area (Å²) < 4.78 is 53.3. The maximum absolute atomic E-state index is 13.3. The Kier molecular flexibility index (Phi) is 6.55. The zero-order chi connectivity index (χ0) is 21.9. The smallest absolute Gasteiger partial charge is 0.263 e. The van der Waals surface area contributed by atoms with E-state index in [4.69, 9.17) is 0 Å². The van der Waals surface area contributed by atoms with Gasteiger partial charge in [-0.15, -0.1) is 0 Å². The number of carbonyl (C=O) groups excluding carboxylic acids is 1. The van der Waals surface area contributed by atoms with E-state index in [1.807, 2.05) is 18.7 Å². The molecule has 1 amide bonds. The lowest BCUT2D eigenvalue weighted by atomic mass is 10.0. The van der Waals surface area contributed by atoms with Gasteiger partial charge in [-0.2, -0.15) is 0 Å². The summed E-state index contributed by atoms with van der Waals surface area (Å²) in [5.41, 5.74) is -0.0844. The van der Waals surface area contributed by atoms with Crippen LogP contribution in [0.4, 0.5) is 20.3 Å². The first-order valence-corrected chi connectivity index (χ1v) is 11.1. The van der Waals surface area contributed by atoms with Crippen molar-refractivity contribution in [3.63, 3.8) is 0 Å². The van der Waals surface area contributed by atoms with E-state index in [-0.39, 0.29) is 28.4 Å². The lowest BCUT2D eigenvalue weighted by Gasteiger charge is -2.33. The largest absolute Gasteiger partial charge is 0.367 e. The van der Waals surface area contributed by atoms with Gasteiger partial charge in [0.15, 0.2) is 11.6 Å². The fraction of sp³-hybridized carbons (Fsp3) is 0.400. The van der Waals surface area contributed by atoms with Crippen molar-refractivity contribution < 1.29 is 22.0 Å². The van der Waals surface area contributed by atoms with Gasteiger partial charge in [0, 0.05) is 37.3 Å². The van der Waals surface area contributed by atoms with Crippen molar-refractivity contribution >= 4 is 27.4 Å². The summed E-state index contributed by atoms with van der Waals surface area (Å²) in [6, 6.07) is 5.82. The highest BCUT2D eigenvalue weighted by atomic mass is 32.2. The second-order valence-electron chi connectivity index (χ2n) is 7.51. The monoisotopic (exact) mass is 438 g/mol. The summed E-state index contributed by atoms with van der Waals surface area (Å²) in [5.74, 6) is -1.56. The molecule has 1 fully saturated rings. The van der Waals surface area contributed by atoms with Crippen LogP contribution in [-0.4, -0.2) is 43.3 Å². The van der Waals surface area contributed by atoms with Crippen LogP contribution in [-0.2, 0) is 14.8 Å². The quantitative estimate of drug-likeness (QED) is 0.723. The van der Waals surface area contributed by atoms with Gasteiger partial charge in [0.1, 0.15) is 10.7 Å². The fourth-order valence-electron chi connectivity index (χ4n) is 3.22. The van der Waals surface area contributed by atoms with Crippen LogP contribution in [0, 0.1) is 17.6 Å². The third-order valence-corrected chi connectivity index (χ3v) is 6.24. The summed E-state index contributed by atoms with van der Waals surface area (Å²) in [7, 11) is -3.99. The number of aromatic nitrogens is 1. The first-order chi connectivity index (χ1) is 14.2. The molecule has 0 bridgehead atoms. The number of sulfonamides is 1. The van der Waals surface area contributed by atoms with Gasteiger partial charge in [-0.1, -0.05) is 13.8 Å². The topological polar surface area (TPSA) is 91.4 Å². The Bertz CT molecular complexity index is 1010. The maximum Gasteiger partial charge on any atom is 0.263 e. The number of pyridine rings is 1. The van der Waals surface area contributed by atoms with Gasteiger partial charge < -0.3 is 10.2 Å². The third-order valence-electron chi connectivity index (χ3n) is 4.87. The van der Waals surface area contributed by atoms with Gasteiger partial charge in [0.25, 0.3) is 10.0 Å². The molecule has 3 rings (SSSR count). The second-order valence-corrected chi connectivity index (χ2v) is 9.19. The summed E-state index contributed by atoms with van der Waals surface area (Å²) >= 11 is 0. The van der Waals surface area contributed by atoms with Crippen LogP contribution in [0.1, 0.15) is 26.7 Å². The van der Waals surface area contributed by atoms with Crippen LogP contribution in [0.3, 0.4) is 0 Å². The Hall–Kier alpha value is -2.75. The Morgan fingerprint density at radius 1 is 1.13 bits per heavy atom. The normalized spacial score (nSPS) is 15.3. The maximum atomic E-state index is 13.3. The zero-order valence-electron chi connectivity index (χ0n) is 16.7. The molecule has 1 aromatic carbocycles. The number of nitrogens with one attached hydrogen (secondary N) is 2. The Morgan fingerprint density at radius 3 is 2.40 bits per heavy atom. The van der Waals surface area contributed by atoms with Crippen molar-refractivity contribution in [3.05, 3.63) is 48.2 Å². The van der Waals surface area contributed by atoms with Crippen molar-refractivity contribution in [1.82, 2.24) is 9.88 Å². The first-order valence-electron chi connectivity index (χ1n) is 9.65. The lowest BCUT2D eigenvalue weighted by molar-refractivity contribution is -0.135. The average molecular weight is 439 g/mol. The van der Waals surface area contributed by atoms with E-state index >= 15 is 0 Å². The predicted octanol–water partition coefficient (Wildman–Crippen LogP) is 3.22. The summed E-state index contributed by atoms with van der Waals surface area (Å²) in [5, 5.41) is 3.26. The molecule has 0 spiro atoms. The number of benzene rings is 1. The molecule has 0 saturated carbocycles. The van der Waals surface area contributed by atoms with E-state index < -0.39 is 21.7 Å². The summed E-state index contributed by atoms with van der Waals surface area (Å²) in [4.78, 5) is 18.0. The molecular formula is C20H24F2N4O3S. The number of carbonyl (C=O) groups is 1. The van der Waals surface area contributed by atoms with Crippen LogP contribution < -0.4 is 10.0 Å². The minimum atomic E-state index is -3.99. The van der Waals surface area contributed by atoms with Crippen molar-refractivity contribution in [1.29, 1.82) is 0 Å². The highest BCUT2D eigenvalue weighted by Gasteiger charge is 2.24. The number of halogens is 2. The first kappa shape index (κ1) is 21.9. The number of amides is 1. The second kappa shape index (κ2) is 8.95. The molecule has 0 unspecified atom stereocenters. The minimum Gasteiger partial charge on any atom is -0.367 e. The van der Waals surface area contributed by atoms with E-state index in [0.29, 0.717) is 18.9 Å². The van der Waals surface area contributed by atoms with Crippen molar-refractivity contribution in [2.75, 3.05) is 23.1 Å². The van der Waals surface area contributed by atoms with E-state index in [1.165, 1.54) is 12.3 Å². The van der Waals surface area contributed by atoms with Crippen LogP contribution in [0.15, 0.2) is 41.4 Å². The molecule has 1 aromatic heterocycles. The molecular weight excluding hydrogens is 414 g/mol. The van der Waals surface area contributed by atoms with Gasteiger partial charge >= 0.3 is 0 Å². The van der Waals surface area contributed by atoms with Gasteiger partial charge in [-0.25, -0.2) is 22.2 Å². The molecule has 162 valence electrons. The molecule has 1 saturated heterocycles. The molecule has 2 aromatic rings. The Labute approximate surface area is 174 Å². The van der Waals surface area contributed by atoms with Crippen molar-refractivity contribution in [2.24, 2.45) is 5.92 Å². The number of anilines is 2. The van der Waals surface area contributed by atoms with E-state index in [0.717, 1.165) is 31.0 Å². The Morgan fingerprint density at radius 2 is 1.83 bits per heavy atom. The molecule has 0 radical (unpaired) electrons. The van der Waals surface area contributed by atoms with Gasteiger partial charge in [0.2, 0.25) is 5.91 Å². The molecule has 2 N–H and O–H groups in total. The van der Waals surface area contributed by atoms with Crippen LogP contribution in [0.2, 0.25) is 0 Å². The van der Waals surface area contributed by atoms with Crippen molar-refractivity contribution in [2.45, 2.75) is 37.6 Å². The standard InChI is InChI=1S/C20H24F2N4O3S/c1-13(2)20(27)26-9-7-14(8-10-26)24-19-6-4-16(12-23-19)30(28,29)25-15-3-5-17(21)18(22)11-15/h3-6,11-14,25H,7-10H2,1-2H3,(H,23,24). The van der Waals surface area contributed by atoms with Crippen molar-refractivity contribution in [3.8, 4) is 0 Å². The molecule has 30 heavy (non-hydrogen) atoms. The van der Waals surface area contributed by atoms with E-state index in [1.54, 1.807) is 6.07 Å². The number of likely N-dealkylation sites (tertiary alicyclic amines) is 1. The SMILES string of the molecule is CC(C)C(=O)N1CCC(Nc2ccc(S(=O)(=O)Nc3ccc(F)c(F)c3)cn2)CC1. The third kappa shape index (κ3) is 5.24. The molecule has 7 nitrogen and oxygen atoms in total. The zero-order valence-corrected chi connectivity index (χ0v) is 17.5. The number of nitrogens with zero attached hydrogens (tertiary/aromatic N) is 2.